The molecule has 118 valence electrons. The van der Waals surface area contributed by atoms with Crippen LogP contribution in [0.1, 0.15) is 57.4 Å². The molecule has 1 unspecified atom stereocenters. The standard InChI is InChI=1S/C17H22Cl2F2/c1-17(2,3)11-6-4-10(5-7-11)16(19)12-8-14(20)15(21)9-13(12)18/h8-11,16H,4-7H2,1-3H3. The summed E-state index contributed by atoms with van der Waals surface area (Å²) in [6.45, 7) is 6.80. The molecule has 1 fully saturated rings. The van der Waals surface area contributed by atoms with Crippen molar-refractivity contribution in [2.75, 3.05) is 0 Å². The predicted molar refractivity (Wildman–Crippen MR) is 84.9 cm³/mol. The molecule has 0 aliphatic heterocycles. The zero-order chi connectivity index (χ0) is 15.8. The molecule has 0 spiro atoms. The molecule has 1 aromatic rings. The Bertz CT molecular complexity index is 500. The highest BCUT2D eigenvalue weighted by Crippen LogP contribution is 2.46. The van der Waals surface area contributed by atoms with Gasteiger partial charge >= 0.3 is 0 Å². The van der Waals surface area contributed by atoms with Gasteiger partial charge in [0.25, 0.3) is 0 Å². The lowest BCUT2D eigenvalue weighted by atomic mass is 9.69. The Morgan fingerprint density at radius 1 is 1.05 bits per heavy atom. The number of rotatable bonds is 2. The predicted octanol–water partition coefficient (Wildman–Crippen LogP) is 6.75. The molecule has 0 radical (unpaired) electrons. The SMILES string of the molecule is CC(C)(C)C1CCC(C(Cl)c2cc(F)c(F)cc2Cl)CC1. The van der Waals surface area contributed by atoms with Crippen LogP contribution in [0.3, 0.4) is 0 Å². The quantitative estimate of drug-likeness (QED) is 0.414. The minimum absolute atomic E-state index is 0.215. The van der Waals surface area contributed by atoms with Gasteiger partial charge in [-0.15, -0.1) is 11.6 Å². The number of hydrogen-bond acceptors (Lipinski definition) is 0. The Labute approximate surface area is 135 Å². The number of halogens is 4. The van der Waals surface area contributed by atoms with Crippen molar-refractivity contribution in [1.29, 1.82) is 0 Å². The van der Waals surface area contributed by atoms with E-state index in [2.05, 4.69) is 20.8 Å². The third-order valence-electron chi connectivity index (χ3n) is 4.75. The molecule has 1 atom stereocenters. The van der Waals surface area contributed by atoms with Crippen LogP contribution in [-0.2, 0) is 0 Å². The lowest BCUT2D eigenvalue weighted by Gasteiger charge is -2.38. The third kappa shape index (κ3) is 3.90. The summed E-state index contributed by atoms with van der Waals surface area (Å²) in [4.78, 5) is 0. The molecule has 21 heavy (non-hydrogen) atoms. The van der Waals surface area contributed by atoms with E-state index in [0.717, 1.165) is 37.8 Å². The summed E-state index contributed by atoms with van der Waals surface area (Å²) in [5, 5.41) is -0.139. The Morgan fingerprint density at radius 2 is 1.57 bits per heavy atom. The van der Waals surface area contributed by atoms with E-state index < -0.39 is 11.6 Å². The molecule has 0 saturated heterocycles. The Kier molecular flexibility index (Phi) is 5.20. The third-order valence-corrected chi connectivity index (χ3v) is 5.67. The molecule has 0 nitrogen and oxygen atoms in total. The second kappa shape index (κ2) is 6.42. The fourth-order valence-electron chi connectivity index (χ4n) is 3.28. The lowest BCUT2D eigenvalue weighted by Crippen LogP contribution is -2.27. The van der Waals surface area contributed by atoms with Gasteiger partial charge in [0.2, 0.25) is 0 Å². The maximum absolute atomic E-state index is 13.4. The fourth-order valence-corrected chi connectivity index (χ4v) is 4.04. The largest absolute Gasteiger partial charge is 0.204 e. The summed E-state index contributed by atoms with van der Waals surface area (Å²) < 4.78 is 26.6. The first kappa shape index (κ1) is 17.0. The summed E-state index contributed by atoms with van der Waals surface area (Å²) in [5.41, 5.74) is 0.823. The molecule has 0 heterocycles. The van der Waals surface area contributed by atoms with Gasteiger partial charge in [0.1, 0.15) is 0 Å². The van der Waals surface area contributed by atoms with Gasteiger partial charge in [-0.2, -0.15) is 0 Å². The first-order valence-corrected chi connectivity index (χ1v) is 8.30. The summed E-state index contributed by atoms with van der Waals surface area (Å²) in [7, 11) is 0. The van der Waals surface area contributed by atoms with Gasteiger partial charge in [0.15, 0.2) is 11.6 Å². The number of benzene rings is 1. The monoisotopic (exact) mass is 334 g/mol. The fraction of sp³-hybridized carbons (Fsp3) is 0.647. The average molecular weight is 335 g/mol. The molecular formula is C17H22Cl2F2. The van der Waals surface area contributed by atoms with Gasteiger partial charge in [-0.25, -0.2) is 8.78 Å². The minimum Gasteiger partial charge on any atom is -0.204 e. The summed E-state index contributed by atoms with van der Waals surface area (Å²) in [6.07, 6.45) is 4.26. The molecular weight excluding hydrogens is 313 g/mol. The second-order valence-electron chi connectivity index (χ2n) is 7.17. The molecule has 1 aliphatic carbocycles. The zero-order valence-corrected chi connectivity index (χ0v) is 14.2. The van der Waals surface area contributed by atoms with Crippen molar-refractivity contribution in [3.8, 4) is 0 Å². The van der Waals surface area contributed by atoms with E-state index in [4.69, 9.17) is 23.2 Å². The number of hydrogen-bond donors (Lipinski definition) is 0. The van der Waals surface area contributed by atoms with Gasteiger partial charge in [-0.3, -0.25) is 0 Å². The molecule has 2 rings (SSSR count). The Morgan fingerprint density at radius 3 is 2.10 bits per heavy atom. The summed E-state index contributed by atoms with van der Waals surface area (Å²) >= 11 is 12.5. The normalized spacial score (nSPS) is 24.9. The van der Waals surface area contributed by atoms with Gasteiger partial charge in [0.05, 0.1) is 5.38 Å². The van der Waals surface area contributed by atoms with Gasteiger partial charge in [-0.1, -0.05) is 32.4 Å². The highest BCUT2D eigenvalue weighted by atomic mass is 35.5. The lowest BCUT2D eigenvalue weighted by molar-refractivity contribution is 0.148. The van der Waals surface area contributed by atoms with Crippen molar-refractivity contribution < 1.29 is 8.78 Å². The molecule has 0 aromatic heterocycles. The van der Waals surface area contributed by atoms with Crippen LogP contribution in [0.15, 0.2) is 12.1 Å². The van der Waals surface area contributed by atoms with Crippen LogP contribution >= 0.6 is 23.2 Å². The first-order valence-electron chi connectivity index (χ1n) is 7.48. The van der Waals surface area contributed by atoms with E-state index in [0.29, 0.717) is 16.9 Å². The highest BCUT2D eigenvalue weighted by Gasteiger charge is 2.33. The molecule has 1 saturated carbocycles. The van der Waals surface area contributed by atoms with Crippen LogP contribution in [0.4, 0.5) is 8.78 Å². The molecule has 0 N–H and O–H groups in total. The molecule has 0 amide bonds. The van der Waals surface area contributed by atoms with Gasteiger partial charge in [0, 0.05) is 5.02 Å². The van der Waals surface area contributed by atoms with Crippen molar-refractivity contribution in [2.45, 2.75) is 51.8 Å². The molecule has 0 bridgehead atoms. The Hall–Kier alpha value is -0.340. The zero-order valence-electron chi connectivity index (χ0n) is 12.7. The Balaban J connectivity index is 2.09. The molecule has 1 aromatic carbocycles. The van der Waals surface area contributed by atoms with Crippen molar-refractivity contribution in [2.24, 2.45) is 17.3 Å². The van der Waals surface area contributed by atoms with E-state index in [1.165, 1.54) is 0 Å². The van der Waals surface area contributed by atoms with Crippen LogP contribution in [0, 0.1) is 28.9 Å². The van der Waals surface area contributed by atoms with E-state index in [1.54, 1.807) is 0 Å². The number of alkyl halides is 1. The van der Waals surface area contributed by atoms with Crippen molar-refractivity contribution >= 4 is 23.2 Å². The average Bonchev–Trinajstić information content (AvgIpc) is 2.41. The second-order valence-corrected chi connectivity index (χ2v) is 8.04. The maximum Gasteiger partial charge on any atom is 0.160 e. The van der Waals surface area contributed by atoms with Gasteiger partial charge < -0.3 is 0 Å². The van der Waals surface area contributed by atoms with Crippen LogP contribution in [0.2, 0.25) is 5.02 Å². The van der Waals surface area contributed by atoms with Crippen LogP contribution in [0.25, 0.3) is 0 Å². The smallest absolute Gasteiger partial charge is 0.160 e. The van der Waals surface area contributed by atoms with Gasteiger partial charge in [-0.05, 0) is 60.6 Å². The topological polar surface area (TPSA) is 0 Å². The summed E-state index contributed by atoms with van der Waals surface area (Å²) in [6, 6.07) is 2.16. The molecule has 4 heteroatoms. The van der Waals surface area contributed by atoms with Crippen LogP contribution < -0.4 is 0 Å². The van der Waals surface area contributed by atoms with Crippen molar-refractivity contribution in [3.05, 3.63) is 34.4 Å². The van der Waals surface area contributed by atoms with E-state index in [9.17, 15) is 8.78 Å². The van der Waals surface area contributed by atoms with E-state index >= 15 is 0 Å². The van der Waals surface area contributed by atoms with Crippen molar-refractivity contribution in [1.82, 2.24) is 0 Å². The van der Waals surface area contributed by atoms with Crippen LogP contribution in [-0.4, -0.2) is 0 Å². The highest BCUT2D eigenvalue weighted by molar-refractivity contribution is 6.32. The molecule has 1 aliphatic rings. The van der Waals surface area contributed by atoms with E-state index in [-0.39, 0.29) is 16.3 Å². The maximum atomic E-state index is 13.4. The summed E-state index contributed by atoms with van der Waals surface area (Å²) in [5.74, 6) is -0.849. The minimum atomic E-state index is -0.927. The van der Waals surface area contributed by atoms with Crippen LogP contribution in [0.5, 0.6) is 0 Å². The van der Waals surface area contributed by atoms with E-state index in [1.807, 2.05) is 0 Å². The van der Waals surface area contributed by atoms with Crippen molar-refractivity contribution in [3.63, 3.8) is 0 Å². The first-order chi connectivity index (χ1) is 9.70.